The maximum absolute atomic E-state index is 13.2. The Balaban J connectivity index is 1.65. The molecule has 0 atom stereocenters. The molecule has 0 aliphatic heterocycles. The number of carbonyl (C=O) groups excluding carboxylic acids is 3. The molecule has 0 aliphatic rings. The van der Waals surface area contributed by atoms with Gasteiger partial charge >= 0.3 is 5.97 Å². The van der Waals surface area contributed by atoms with E-state index in [0.717, 1.165) is 20.3 Å². The van der Waals surface area contributed by atoms with Gasteiger partial charge in [0, 0.05) is 45.0 Å². The van der Waals surface area contributed by atoms with Crippen LogP contribution in [0.2, 0.25) is 5.02 Å². The molecule has 0 aromatic heterocycles. The van der Waals surface area contributed by atoms with E-state index in [4.69, 9.17) is 16.4 Å². The number of carbonyl (C=O) groups is 3. The fourth-order valence-corrected chi connectivity index (χ4v) is 5.29. The standard InChI is InChI=1S/C32H30ClNO4S2/c1-4-24(31(36)25-8-6-5-7-9-25)11-10-22(2)40-29-16-12-26(13-17-29)32(37)30(34-38-23(3)35)20-21-39-28-18-14-27(33)15-19-28/h5-19H,4,20-21H2,1-3H3/b22-10+,24-11+,34-30+. The minimum atomic E-state index is -0.588. The lowest BCUT2D eigenvalue weighted by atomic mass is 10.0. The van der Waals surface area contributed by atoms with Crippen molar-refractivity contribution in [2.45, 2.75) is 43.4 Å². The molecule has 0 unspecified atom stereocenters. The van der Waals surface area contributed by atoms with Crippen LogP contribution in [0.3, 0.4) is 0 Å². The van der Waals surface area contributed by atoms with E-state index in [2.05, 4.69) is 5.16 Å². The molecular weight excluding hydrogens is 562 g/mol. The van der Waals surface area contributed by atoms with Crippen LogP contribution in [0.1, 0.15) is 54.3 Å². The second kappa shape index (κ2) is 16.0. The summed E-state index contributed by atoms with van der Waals surface area (Å²) in [5.74, 6) is -0.282. The lowest BCUT2D eigenvalue weighted by molar-refractivity contribution is -0.140. The molecule has 0 radical (unpaired) electrons. The summed E-state index contributed by atoms with van der Waals surface area (Å²) in [7, 11) is 0. The third-order valence-corrected chi connectivity index (χ3v) is 7.82. The van der Waals surface area contributed by atoms with E-state index in [1.54, 1.807) is 35.7 Å². The van der Waals surface area contributed by atoms with E-state index in [1.807, 2.05) is 92.7 Å². The molecule has 5 nitrogen and oxygen atoms in total. The third kappa shape index (κ3) is 9.97. The predicted molar refractivity (Wildman–Crippen MR) is 166 cm³/mol. The average molecular weight is 592 g/mol. The number of hydrogen-bond acceptors (Lipinski definition) is 7. The van der Waals surface area contributed by atoms with E-state index >= 15 is 0 Å². The topological polar surface area (TPSA) is 72.8 Å². The average Bonchev–Trinajstić information content (AvgIpc) is 2.96. The van der Waals surface area contributed by atoms with E-state index in [0.29, 0.717) is 34.7 Å². The van der Waals surface area contributed by atoms with Crippen LogP contribution in [0, 0.1) is 0 Å². The first kappa shape index (κ1) is 31.1. The van der Waals surface area contributed by atoms with Crippen molar-refractivity contribution < 1.29 is 19.2 Å². The monoisotopic (exact) mass is 591 g/mol. The summed E-state index contributed by atoms with van der Waals surface area (Å²) in [5, 5.41) is 4.49. The quantitative estimate of drug-likeness (QED) is 0.0376. The van der Waals surface area contributed by atoms with Gasteiger partial charge in [-0.05, 0) is 72.4 Å². The first-order valence-electron chi connectivity index (χ1n) is 12.7. The molecule has 0 N–H and O–H groups in total. The highest BCUT2D eigenvalue weighted by Crippen LogP contribution is 2.27. The predicted octanol–water partition coefficient (Wildman–Crippen LogP) is 8.84. The highest BCUT2D eigenvalue weighted by atomic mass is 35.5. The highest BCUT2D eigenvalue weighted by Gasteiger charge is 2.16. The number of allylic oxidation sites excluding steroid dienone is 4. The molecule has 40 heavy (non-hydrogen) atoms. The van der Waals surface area contributed by atoms with Crippen molar-refractivity contribution in [2.75, 3.05) is 5.75 Å². The molecule has 0 saturated heterocycles. The van der Waals surface area contributed by atoms with Gasteiger partial charge in [0.05, 0.1) is 0 Å². The number of hydrogen-bond donors (Lipinski definition) is 0. The minimum Gasteiger partial charge on any atom is -0.318 e. The number of ketones is 2. The van der Waals surface area contributed by atoms with Gasteiger partial charge in [-0.1, -0.05) is 77.9 Å². The zero-order chi connectivity index (χ0) is 28.9. The Bertz CT molecular complexity index is 1410. The van der Waals surface area contributed by atoms with Crippen molar-refractivity contribution >= 4 is 58.4 Å². The summed E-state index contributed by atoms with van der Waals surface area (Å²) in [4.78, 5) is 45.0. The third-order valence-electron chi connectivity index (χ3n) is 5.59. The Labute approximate surface area is 248 Å². The lowest BCUT2D eigenvalue weighted by Gasteiger charge is -2.07. The molecule has 0 spiro atoms. The van der Waals surface area contributed by atoms with Gasteiger partial charge in [0.1, 0.15) is 5.71 Å². The Hall–Kier alpha value is -3.39. The van der Waals surface area contributed by atoms with E-state index in [9.17, 15) is 14.4 Å². The molecule has 206 valence electrons. The van der Waals surface area contributed by atoms with E-state index < -0.39 is 5.97 Å². The van der Waals surface area contributed by atoms with Gasteiger partial charge in [-0.2, -0.15) is 0 Å². The normalized spacial score (nSPS) is 12.2. The zero-order valence-electron chi connectivity index (χ0n) is 22.6. The van der Waals surface area contributed by atoms with Gasteiger partial charge in [-0.25, -0.2) is 4.79 Å². The summed E-state index contributed by atoms with van der Waals surface area (Å²) in [6, 6.07) is 23.9. The van der Waals surface area contributed by atoms with Crippen LogP contribution in [0.15, 0.2) is 116 Å². The second-order valence-electron chi connectivity index (χ2n) is 8.65. The lowest BCUT2D eigenvalue weighted by Crippen LogP contribution is -2.16. The largest absolute Gasteiger partial charge is 0.331 e. The number of benzene rings is 3. The van der Waals surface area contributed by atoms with Gasteiger partial charge in [-0.3, -0.25) is 9.59 Å². The van der Waals surface area contributed by atoms with Crippen LogP contribution in [0.5, 0.6) is 0 Å². The molecule has 3 rings (SSSR count). The fourth-order valence-electron chi connectivity index (χ4n) is 3.52. The van der Waals surface area contributed by atoms with Crippen molar-refractivity contribution in [1.29, 1.82) is 0 Å². The summed E-state index contributed by atoms with van der Waals surface area (Å²) in [6.45, 7) is 5.18. The van der Waals surface area contributed by atoms with Crippen molar-refractivity contribution in [3.63, 3.8) is 0 Å². The Kier molecular flexibility index (Phi) is 12.5. The first-order chi connectivity index (χ1) is 19.3. The van der Waals surface area contributed by atoms with E-state index in [1.165, 1.54) is 6.92 Å². The Morgan fingerprint density at radius 3 is 2.08 bits per heavy atom. The molecule has 0 heterocycles. The number of rotatable bonds is 13. The van der Waals surface area contributed by atoms with Crippen LogP contribution >= 0.6 is 35.1 Å². The van der Waals surface area contributed by atoms with Crippen LogP contribution in [-0.4, -0.2) is 29.0 Å². The van der Waals surface area contributed by atoms with Crippen LogP contribution in [0.4, 0.5) is 0 Å². The number of nitrogens with zero attached hydrogens (tertiary/aromatic N) is 1. The smallest absolute Gasteiger partial charge is 0.318 e. The van der Waals surface area contributed by atoms with Gasteiger partial charge in [0.15, 0.2) is 5.78 Å². The van der Waals surface area contributed by atoms with Gasteiger partial charge in [-0.15, -0.1) is 11.8 Å². The highest BCUT2D eigenvalue weighted by molar-refractivity contribution is 8.03. The van der Waals surface area contributed by atoms with Gasteiger partial charge < -0.3 is 4.84 Å². The van der Waals surface area contributed by atoms with Crippen LogP contribution in [-0.2, 0) is 9.63 Å². The fraction of sp³-hybridized carbons (Fsp3) is 0.188. The summed E-state index contributed by atoms with van der Waals surface area (Å²) >= 11 is 9.04. The molecule has 0 fully saturated rings. The number of Topliss-reactive ketones (excluding diaryl/α,β-unsaturated/α-hetero) is 2. The molecule has 0 aliphatic carbocycles. The molecule has 0 saturated carbocycles. The molecular formula is C32H30ClNO4S2. The number of oxime groups is 1. The van der Waals surface area contributed by atoms with Gasteiger partial charge in [0.2, 0.25) is 5.78 Å². The van der Waals surface area contributed by atoms with Crippen molar-refractivity contribution in [2.24, 2.45) is 5.16 Å². The zero-order valence-corrected chi connectivity index (χ0v) is 24.9. The molecule has 0 amide bonds. The Morgan fingerprint density at radius 1 is 0.825 bits per heavy atom. The van der Waals surface area contributed by atoms with Crippen molar-refractivity contribution in [3.8, 4) is 0 Å². The van der Waals surface area contributed by atoms with Crippen molar-refractivity contribution in [3.05, 3.63) is 118 Å². The van der Waals surface area contributed by atoms with Crippen molar-refractivity contribution in [1.82, 2.24) is 0 Å². The maximum Gasteiger partial charge on any atom is 0.331 e. The summed E-state index contributed by atoms with van der Waals surface area (Å²) < 4.78 is 0. The molecule has 3 aromatic rings. The number of halogens is 1. The van der Waals surface area contributed by atoms with Gasteiger partial charge in [0.25, 0.3) is 0 Å². The SMILES string of the molecule is CC/C(=C\C=C(/C)Sc1ccc(C(=O)/C(CCSc2ccc(Cl)cc2)=N/OC(C)=O)cc1)C(=O)c1ccccc1. The van der Waals surface area contributed by atoms with Crippen LogP contribution < -0.4 is 0 Å². The number of thioether (sulfide) groups is 2. The minimum absolute atomic E-state index is 0.0257. The maximum atomic E-state index is 13.2. The molecule has 8 heteroatoms. The summed E-state index contributed by atoms with van der Waals surface area (Å²) in [6.07, 6.45) is 4.76. The van der Waals surface area contributed by atoms with Crippen LogP contribution in [0.25, 0.3) is 0 Å². The van der Waals surface area contributed by atoms with E-state index in [-0.39, 0.29) is 17.3 Å². The Morgan fingerprint density at radius 2 is 1.45 bits per heavy atom. The molecule has 3 aromatic carbocycles. The molecule has 0 bridgehead atoms. The summed E-state index contributed by atoms with van der Waals surface area (Å²) in [5.41, 5.74) is 2.04. The second-order valence-corrected chi connectivity index (χ2v) is 11.6. The first-order valence-corrected chi connectivity index (χ1v) is 14.9.